The fourth-order valence-electron chi connectivity index (χ4n) is 4.23. The molecule has 5 aromatic rings. The first-order valence-electron chi connectivity index (χ1n) is 12.0. The SMILES string of the molecule is Cc1ccccc1-n1c(C)cc(/C=N/NC(=O)c2ccc(Nc3nc(-c4ccccc4)cs3)cc2)c1C. The second kappa shape index (κ2) is 10.6. The van der Waals surface area contributed by atoms with Crippen LogP contribution in [0, 0.1) is 20.8 Å². The highest BCUT2D eigenvalue weighted by molar-refractivity contribution is 7.14. The number of hydrogen-bond donors (Lipinski definition) is 2. The smallest absolute Gasteiger partial charge is 0.271 e. The predicted octanol–water partition coefficient (Wildman–Crippen LogP) is 7.03. The minimum Gasteiger partial charge on any atom is -0.332 e. The summed E-state index contributed by atoms with van der Waals surface area (Å²) < 4.78 is 2.20. The third-order valence-corrected chi connectivity index (χ3v) is 6.93. The maximum Gasteiger partial charge on any atom is 0.271 e. The number of carbonyl (C=O) groups excluding carboxylic acids is 1. The van der Waals surface area contributed by atoms with Gasteiger partial charge in [0.15, 0.2) is 5.13 Å². The zero-order chi connectivity index (χ0) is 25.8. The standard InChI is InChI=1S/C30H27N5OS/c1-20-9-7-8-12-28(20)35-21(2)17-25(22(35)3)18-31-34-29(36)24-13-15-26(16-14-24)32-30-33-27(19-37-30)23-10-5-4-6-11-23/h4-19H,1-3H3,(H,32,33)(H,34,36)/b31-18+. The molecule has 0 fully saturated rings. The molecule has 0 radical (unpaired) electrons. The number of anilines is 2. The van der Waals surface area contributed by atoms with Crippen LogP contribution in [0.3, 0.4) is 0 Å². The van der Waals surface area contributed by atoms with E-state index in [9.17, 15) is 4.79 Å². The lowest BCUT2D eigenvalue weighted by atomic mass is 10.2. The van der Waals surface area contributed by atoms with Gasteiger partial charge in [-0.3, -0.25) is 4.79 Å². The van der Waals surface area contributed by atoms with E-state index in [1.807, 2.05) is 60.0 Å². The lowest BCUT2D eigenvalue weighted by molar-refractivity contribution is 0.0955. The molecule has 0 aliphatic rings. The summed E-state index contributed by atoms with van der Waals surface area (Å²) in [7, 11) is 0. The van der Waals surface area contributed by atoms with Crippen LogP contribution in [0.25, 0.3) is 16.9 Å². The molecule has 0 aliphatic heterocycles. The Kier molecular flexibility index (Phi) is 6.96. The maximum atomic E-state index is 12.6. The summed E-state index contributed by atoms with van der Waals surface area (Å²) in [5.74, 6) is -0.267. The topological polar surface area (TPSA) is 71.3 Å². The van der Waals surface area contributed by atoms with Gasteiger partial charge in [0.05, 0.1) is 11.9 Å². The zero-order valence-corrected chi connectivity index (χ0v) is 21.7. The Morgan fingerprint density at radius 1 is 0.946 bits per heavy atom. The quantitative estimate of drug-likeness (QED) is 0.184. The number of hydrazone groups is 1. The van der Waals surface area contributed by atoms with Gasteiger partial charge in [-0.1, -0.05) is 48.5 Å². The van der Waals surface area contributed by atoms with Crippen LogP contribution in [0.5, 0.6) is 0 Å². The van der Waals surface area contributed by atoms with Crippen LogP contribution >= 0.6 is 11.3 Å². The van der Waals surface area contributed by atoms with Crippen LogP contribution in [0.2, 0.25) is 0 Å². The minimum atomic E-state index is -0.267. The zero-order valence-electron chi connectivity index (χ0n) is 20.9. The van der Waals surface area contributed by atoms with Gasteiger partial charge in [0.25, 0.3) is 5.91 Å². The van der Waals surface area contributed by atoms with Crippen LogP contribution in [-0.2, 0) is 0 Å². The summed E-state index contributed by atoms with van der Waals surface area (Å²) in [5.41, 5.74) is 11.5. The molecule has 2 N–H and O–H groups in total. The van der Waals surface area contributed by atoms with Gasteiger partial charge in [0.2, 0.25) is 0 Å². The number of rotatable bonds is 7. The highest BCUT2D eigenvalue weighted by Gasteiger charge is 2.11. The molecular weight excluding hydrogens is 478 g/mol. The second-order valence-corrected chi connectivity index (χ2v) is 9.61. The Morgan fingerprint density at radius 2 is 1.68 bits per heavy atom. The summed E-state index contributed by atoms with van der Waals surface area (Å²) in [5, 5.41) is 10.3. The molecule has 0 unspecified atom stereocenters. The molecule has 0 saturated carbocycles. The van der Waals surface area contributed by atoms with Crippen LogP contribution < -0.4 is 10.7 Å². The number of amides is 1. The van der Waals surface area contributed by atoms with E-state index in [0.29, 0.717) is 5.56 Å². The average molecular weight is 506 g/mol. The lowest BCUT2D eigenvalue weighted by Gasteiger charge is -2.12. The van der Waals surface area contributed by atoms with Crippen molar-refractivity contribution in [2.75, 3.05) is 5.32 Å². The fourth-order valence-corrected chi connectivity index (χ4v) is 4.97. The number of aryl methyl sites for hydroxylation is 2. The number of hydrogen-bond acceptors (Lipinski definition) is 5. The van der Waals surface area contributed by atoms with Crippen molar-refractivity contribution < 1.29 is 4.79 Å². The van der Waals surface area contributed by atoms with Crippen molar-refractivity contribution in [1.82, 2.24) is 15.0 Å². The Bertz CT molecular complexity index is 1570. The van der Waals surface area contributed by atoms with Gasteiger partial charge in [0, 0.05) is 44.8 Å². The van der Waals surface area contributed by atoms with E-state index >= 15 is 0 Å². The molecule has 5 rings (SSSR count). The second-order valence-electron chi connectivity index (χ2n) is 8.75. The molecule has 2 aromatic heterocycles. The molecule has 0 saturated heterocycles. The summed E-state index contributed by atoms with van der Waals surface area (Å²) in [6.07, 6.45) is 1.69. The van der Waals surface area contributed by atoms with Crippen LogP contribution in [-0.4, -0.2) is 21.7 Å². The van der Waals surface area contributed by atoms with E-state index in [1.54, 1.807) is 18.3 Å². The molecule has 0 atom stereocenters. The molecule has 0 aliphatic carbocycles. The molecule has 7 heteroatoms. The number of carbonyl (C=O) groups is 1. The van der Waals surface area contributed by atoms with Crippen LogP contribution in [0.1, 0.15) is 32.9 Å². The molecule has 37 heavy (non-hydrogen) atoms. The van der Waals surface area contributed by atoms with Crippen molar-refractivity contribution in [3.8, 4) is 16.9 Å². The summed E-state index contributed by atoms with van der Waals surface area (Å²) in [6, 6.07) is 27.7. The van der Waals surface area contributed by atoms with E-state index < -0.39 is 0 Å². The normalized spacial score (nSPS) is 11.1. The Balaban J connectivity index is 1.22. The first kappa shape index (κ1) is 24.2. The Hall–Kier alpha value is -4.49. The predicted molar refractivity (Wildman–Crippen MR) is 152 cm³/mol. The highest BCUT2D eigenvalue weighted by Crippen LogP contribution is 2.27. The van der Waals surface area contributed by atoms with E-state index in [-0.39, 0.29) is 5.91 Å². The minimum absolute atomic E-state index is 0.267. The van der Waals surface area contributed by atoms with E-state index in [2.05, 4.69) is 64.4 Å². The molecule has 3 aromatic carbocycles. The van der Waals surface area contributed by atoms with Gasteiger partial charge >= 0.3 is 0 Å². The van der Waals surface area contributed by atoms with Crippen molar-refractivity contribution in [3.05, 3.63) is 118 Å². The van der Waals surface area contributed by atoms with E-state index in [4.69, 9.17) is 0 Å². The number of thiazole rings is 1. The Morgan fingerprint density at radius 3 is 2.43 bits per heavy atom. The van der Waals surface area contributed by atoms with Crippen LogP contribution in [0.4, 0.5) is 10.8 Å². The molecule has 184 valence electrons. The molecule has 6 nitrogen and oxygen atoms in total. The highest BCUT2D eigenvalue weighted by atomic mass is 32.1. The molecule has 2 heterocycles. The van der Waals surface area contributed by atoms with Crippen molar-refractivity contribution in [1.29, 1.82) is 0 Å². The summed E-state index contributed by atoms with van der Waals surface area (Å²) in [6.45, 7) is 6.22. The van der Waals surface area contributed by atoms with Crippen LogP contribution in [0.15, 0.2) is 95.4 Å². The first-order valence-corrected chi connectivity index (χ1v) is 12.8. The molecular formula is C30H27N5OS. The van der Waals surface area contributed by atoms with Crippen molar-refractivity contribution >= 4 is 34.3 Å². The Labute approximate surface area is 220 Å². The van der Waals surface area contributed by atoms with Crippen molar-refractivity contribution in [2.24, 2.45) is 5.10 Å². The first-order chi connectivity index (χ1) is 18.0. The van der Waals surface area contributed by atoms with Gasteiger partial charge in [-0.2, -0.15) is 5.10 Å². The third kappa shape index (κ3) is 5.37. The monoisotopic (exact) mass is 505 g/mol. The average Bonchev–Trinajstić information content (AvgIpc) is 3.49. The van der Waals surface area contributed by atoms with Gasteiger partial charge in [0.1, 0.15) is 0 Å². The molecule has 1 amide bonds. The van der Waals surface area contributed by atoms with Gasteiger partial charge in [-0.05, 0) is 62.7 Å². The van der Waals surface area contributed by atoms with E-state index in [1.165, 1.54) is 16.9 Å². The van der Waals surface area contributed by atoms with Crippen molar-refractivity contribution in [2.45, 2.75) is 20.8 Å². The number of aromatic nitrogens is 2. The maximum absolute atomic E-state index is 12.6. The summed E-state index contributed by atoms with van der Waals surface area (Å²) in [4.78, 5) is 17.3. The van der Waals surface area contributed by atoms with Gasteiger partial charge < -0.3 is 9.88 Å². The molecule has 0 spiro atoms. The largest absolute Gasteiger partial charge is 0.332 e. The van der Waals surface area contributed by atoms with Gasteiger partial charge in [-0.15, -0.1) is 11.3 Å². The third-order valence-electron chi connectivity index (χ3n) is 6.17. The summed E-state index contributed by atoms with van der Waals surface area (Å²) >= 11 is 1.54. The number of para-hydroxylation sites is 1. The molecule has 0 bridgehead atoms. The number of benzene rings is 3. The lowest BCUT2D eigenvalue weighted by Crippen LogP contribution is -2.17. The van der Waals surface area contributed by atoms with E-state index in [0.717, 1.165) is 44.7 Å². The van der Waals surface area contributed by atoms with Gasteiger partial charge in [-0.25, -0.2) is 10.4 Å². The number of nitrogens with zero attached hydrogens (tertiary/aromatic N) is 3. The number of nitrogens with one attached hydrogen (secondary N) is 2. The fraction of sp³-hybridized carbons (Fsp3) is 0.100. The van der Waals surface area contributed by atoms with Crippen molar-refractivity contribution in [3.63, 3.8) is 0 Å².